The fourth-order valence-corrected chi connectivity index (χ4v) is 3.36. The van der Waals surface area contributed by atoms with E-state index in [0.29, 0.717) is 12.1 Å². The van der Waals surface area contributed by atoms with Gasteiger partial charge in [0.05, 0.1) is 27.0 Å². The highest BCUT2D eigenvalue weighted by atomic mass is 32.2. The number of alkyl halides is 3. The number of nitrogens with one attached hydrogen (secondary N) is 2. The van der Waals surface area contributed by atoms with E-state index in [1.807, 2.05) is 0 Å². The highest BCUT2D eigenvalue weighted by Gasteiger charge is 2.30. The molecule has 0 atom stereocenters. The molecule has 3 rings (SSSR count). The lowest BCUT2D eigenvalue weighted by atomic mass is 10.2. The molecule has 142 valence electrons. The molecule has 0 radical (unpaired) electrons. The zero-order valence-electron chi connectivity index (χ0n) is 13.1. The molecule has 1 heterocycles. The summed E-state index contributed by atoms with van der Waals surface area (Å²) < 4.78 is 64.3. The van der Waals surface area contributed by atoms with Crippen molar-refractivity contribution in [1.82, 2.24) is 9.71 Å². The Balaban J connectivity index is 1.97. The van der Waals surface area contributed by atoms with Crippen LogP contribution in [0, 0.1) is 0 Å². The van der Waals surface area contributed by atoms with Crippen LogP contribution in [0.2, 0.25) is 0 Å². The third kappa shape index (κ3) is 3.51. The zero-order chi connectivity index (χ0) is 20.0. The Bertz CT molecular complexity index is 1240. The first-order chi connectivity index (χ1) is 12.5. The second-order valence-electron chi connectivity index (χ2n) is 5.44. The van der Waals surface area contributed by atoms with Gasteiger partial charge in [-0.2, -0.15) is 13.2 Å². The van der Waals surface area contributed by atoms with Crippen LogP contribution in [-0.4, -0.2) is 23.3 Å². The summed E-state index contributed by atoms with van der Waals surface area (Å²) in [5, 5.41) is 9.18. The van der Waals surface area contributed by atoms with Crippen molar-refractivity contribution in [3.05, 3.63) is 68.9 Å². The monoisotopic (exact) mass is 401 g/mol. The smallest absolute Gasteiger partial charge is 0.416 e. The Kier molecular flexibility index (Phi) is 4.22. The lowest BCUT2D eigenvalue weighted by Crippen LogP contribution is -2.33. The van der Waals surface area contributed by atoms with Crippen LogP contribution >= 0.6 is 0 Å². The maximum atomic E-state index is 12.6. The summed E-state index contributed by atoms with van der Waals surface area (Å²) in [6, 6.07) is 6.39. The summed E-state index contributed by atoms with van der Waals surface area (Å²) >= 11 is 0. The number of anilines is 1. The second-order valence-corrected chi connectivity index (χ2v) is 7.12. The van der Waals surface area contributed by atoms with Crippen LogP contribution in [0.15, 0.2) is 56.9 Å². The number of H-pyrrole nitrogens is 1. The predicted octanol–water partition coefficient (Wildman–Crippen LogP) is 1.75. The fourth-order valence-electron chi connectivity index (χ4n) is 2.31. The second kappa shape index (κ2) is 6.16. The molecule has 0 aliphatic heterocycles. The summed E-state index contributed by atoms with van der Waals surface area (Å²) in [7, 11) is -4.21. The van der Waals surface area contributed by atoms with Crippen molar-refractivity contribution in [3.8, 4) is 0 Å². The van der Waals surface area contributed by atoms with Gasteiger partial charge in [-0.05, 0) is 42.5 Å². The number of aromatic nitrogens is 2. The van der Waals surface area contributed by atoms with E-state index in [1.54, 1.807) is 0 Å². The molecule has 0 amide bonds. The van der Waals surface area contributed by atoms with Gasteiger partial charge in [0.25, 0.3) is 15.6 Å². The van der Waals surface area contributed by atoms with Gasteiger partial charge in [0.1, 0.15) is 0 Å². The van der Waals surface area contributed by atoms with E-state index in [1.165, 1.54) is 12.1 Å². The number of benzene rings is 2. The standard InChI is InChI=1S/C15H10F3N3O5S/c16-15(17,18)8-1-4-10(5-2-8)27(25,26)20-9-3-6-11-12(7-9)19-14(23)21(24)13(11)22/h1-7,20,24H,(H,19,23). The number of aromatic amines is 1. The van der Waals surface area contributed by atoms with Gasteiger partial charge in [-0.15, -0.1) is 0 Å². The highest BCUT2D eigenvalue weighted by molar-refractivity contribution is 7.92. The molecule has 1 aromatic heterocycles. The van der Waals surface area contributed by atoms with E-state index < -0.39 is 37.9 Å². The lowest BCUT2D eigenvalue weighted by Gasteiger charge is -2.11. The molecule has 0 unspecified atom stereocenters. The summed E-state index contributed by atoms with van der Waals surface area (Å²) in [5.41, 5.74) is -3.19. The van der Waals surface area contributed by atoms with E-state index in [2.05, 4.69) is 9.71 Å². The first kappa shape index (κ1) is 18.5. The molecule has 12 heteroatoms. The molecule has 0 saturated carbocycles. The molecule has 0 saturated heterocycles. The molecule has 3 N–H and O–H groups in total. The SMILES string of the molecule is O=c1[nH]c2cc(NS(=O)(=O)c3ccc(C(F)(F)F)cc3)ccc2c(=O)n1O. The number of hydrogen-bond donors (Lipinski definition) is 3. The Labute approximate surface area is 148 Å². The average molecular weight is 401 g/mol. The fraction of sp³-hybridized carbons (Fsp3) is 0.0667. The van der Waals surface area contributed by atoms with Gasteiger partial charge in [0, 0.05) is 0 Å². The van der Waals surface area contributed by atoms with E-state index >= 15 is 0 Å². The normalized spacial score (nSPS) is 12.3. The number of sulfonamides is 1. The van der Waals surface area contributed by atoms with Crippen molar-refractivity contribution in [2.24, 2.45) is 0 Å². The van der Waals surface area contributed by atoms with Gasteiger partial charge in [-0.1, -0.05) is 4.73 Å². The largest absolute Gasteiger partial charge is 0.421 e. The molecule has 3 aromatic rings. The van der Waals surface area contributed by atoms with E-state index in [-0.39, 0.29) is 21.3 Å². The number of nitrogens with zero attached hydrogens (tertiary/aromatic N) is 1. The van der Waals surface area contributed by atoms with Gasteiger partial charge >= 0.3 is 11.9 Å². The zero-order valence-corrected chi connectivity index (χ0v) is 13.9. The van der Waals surface area contributed by atoms with Crippen molar-refractivity contribution in [2.45, 2.75) is 11.1 Å². The van der Waals surface area contributed by atoms with E-state index in [0.717, 1.165) is 18.2 Å². The van der Waals surface area contributed by atoms with Crippen LogP contribution in [0.4, 0.5) is 18.9 Å². The molecule has 27 heavy (non-hydrogen) atoms. The van der Waals surface area contributed by atoms with Gasteiger partial charge < -0.3 is 10.2 Å². The van der Waals surface area contributed by atoms with Crippen LogP contribution in [-0.2, 0) is 16.2 Å². The van der Waals surface area contributed by atoms with Crippen LogP contribution in [0.3, 0.4) is 0 Å². The van der Waals surface area contributed by atoms with Crippen LogP contribution in [0.25, 0.3) is 10.9 Å². The minimum atomic E-state index is -4.60. The van der Waals surface area contributed by atoms with Crippen LogP contribution < -0.4 is 16.0 Å². The molecule has 0 bridgehead atoms. The molecule has 2 aromatic carbocycles. The minimum Gasteiger partial charge on any atom is -0.421 e. The summed E-state index contributed by atoms with van der Waals surface area (Å²) in [6.07, 6.45) is -4.60. The first-order valence-electron chi connectivity index (χ1n) is 7.17. The predicted molar refractivity (Wildman–Crippen MR) is 88.3 cm³/mol. The maximum absolute atomic E-state index is 12.6. The molecular formula is C15H10F3N3O5S. The van der Waals surface area contributed by atoms with Crippen molar-refractivity contribution < 1.29 is 26.8 Å². The van der Waals surface area contributed by atoms with Crippen LogP contribution in [0.5, 0.6) is 0 Å². The Morgan fingerprint density at radius 1 is 1.04 bits per heavy atom. The molecule has 0 aliphatic carbocycles. The number of fused-ring (bicyclic) bond motifs is 1. The van der Waals surface area contributed by atoms with E-state index in [4.69, 9.17) is 0 Å². The maximum Gasteiger partial charge on any atom is 0.416 e. The van der Waals surface area contributed by atoms with E-state index in [9.17, 15) is 36.4 Å². The molecule has 0 fully saturated rings. The van der Waals surface area contributed by atoms with Gasteiger partial charge in [-0.25, -0.2) is 13.2 Å². The van der Waals surface area contributed by atoms with Crippen molar-refractivity contribution >= 4 is 26.6 Å². The third-order valence-electron chi connectivity index (χ3n) is 3.62. The number of rotatable bonds is 3. The molecule has 8 nitrogen and oxygen atoms in total. The van der Waals surface area contributed by atoms with Crippen molar-refractivity contribution in [1.29, 1.82) is 0 Å². The van der Waals surface area contributed by atoms with Gasteiger partial charge in [-0.3, -0.25) is 9.52 Å². The first-order valence-corrected chi connectivity index (χ1v) is 8.66. The highest BCUT2D eigenvalue weighted by Crippen LogP contribution is 2.30. The number of hydrogen-bond acceptors (Lipinski definition) is 5. The third-order valence-corrected chi connectivity index (χ3v) is 5.02. The van der Waals surface area contributed by atoms with Gasteiger partial charge in [0.2, 0.25) is 0 Å². The Morgan fingerprint density at radius 2 is 1.67 bits per heavy atom. The average Bonchev–Trinajstić information content (AvgIpc) is 2.59. The quantitative estimate of drug-likeness (QED) is 0.578. The lowest BCUT2D eigenvalue weighted by molar-refractivity contribution is -0.137. The van der Waals surface area contributed by atoms with Crippen molar-refractivity contribution in [3.63, 3.8) is 0 Å². The molecule has 0 spiro atoms. The number of halogens is 3. The topological polar surface area (TPSA) is 121 Å². The van der Waals surface area contributed by atoms with Gasteiger partial charge in [0.15, 0.2) is 0 Å². The van der Waals surface area contributed by atoms with Crippen LogP contribution in [0.1, 0.15) is 5.56 Å². The minimum absolute atomic E-state index is 0.0390. The summed E-state index contributed by atoms with van der Waals surface area (Å²) in [6.45, 7) is 0. The molecular weight excluding hydrogens is 391 g/mol. The van der Waals surface area contributed by atoms with Crippen molar-refractivity contribution in [2.75, 3.05) is 4.72 Å². The summed E-state index contributed by atoms with van der Waals surface area (Å²) in [5.74, 6) is 0. The summed E-state index contributed by atoms with van der Waals surface area (Å²) in [4.78, 5) is 24.9. The Morgan fingerprint density at radius 3 is 2.26 bits per heavy atom. The molecule has 0 aliphatic rings. The Hall–Kier alpha value is -3.28.